The molecule has 1 aromatic carbocycles. The van der Waals surface area contributed by atoms with Gasteiger partial charge >= 0.3 is 0 Å². The molecular weight excluding hydrogens is 380 g/mol. The third-order valence-corrected chi connectivity index (χ3v) is 5.77. The van der Waals surface area contributed by atoms with Gasteiger partial charge in [-0.2, -0.15) is 0 Å². The van der Waals surface area contributed by atoms with E-state index in [2.05, 4.69) is 46.5 Å². The summed E-state index contributed by atoms with van der Waals surface area (Å²) >= 11 is 1.43. The molecule has 1 saturated heterocycles. The maximum Gasteiger partial charge on any atom is 0.266 e. The minimum absolute atomic E-state index is 0.00732. The van der Waals surface area contributed by atoms with E-state index in [0.717, 1.165) is 21.9 Å². The van der Waals surface area contributed by atoms with Crippen molar-refractivity contribution in [2.24, 2.45) is 4.99 Å². The van der Waals surface area contributed by atoms with Gasteiger partial charge in [-0.1, -0.05) is 41.5 Å². The number of nitrogens with zero attached hydrogens (tertiary/aromatic N) is 2. The first-order valence-electron chi connectivity index (χ1n) is 10.3. The Labute approximate surface area is 180 Å². The monoisotopic (exact) mass is 416 g/mol. The number of carbonyl (C=O) groups is 1. The summed E-state index contributed by atoms with van der Waals surface area (Å²) in [6.07, 6.45) is 1.94. The number of aliphatic imine (C=N–C) groups is 1. The van der Waals surface area contributed by atoms with Crippen molar-refractivity contribution in [3.8, 4) is 5.75 Å². The van der Waals surface area contributed by atoms with Crippen molar-refractivity contribution >= 4 is 28.9 Å². The Kier molecular flexibility index (Phi) is 6.63. The Morgan fingerprint density at radius 2 is 1.48 bits per heavy atom. The minimum Gasteiger partial charge on any atom is -0.507 e. The number of hydrogen-bond acceptors (Lipinski definition) is 4. The van der Waals surface area contributed by atoms with E-state index in [1.807, 2.05) is 45.9 Å². The van der Waals surface area contributed by atoms with E-state index in [1.165, 1.54) is 11.8 Å². The standard InChI is InChI=1S/C24H36N2O2S/c1-14(2)25-22-26(15(3)4)21(28)19(29-22)13-16-11-17(23(5,6)7)20(27)18(12-16)24(8,9)10/h11-15,27H,1-10H3/b19-13+,25-22?. The van der Waals surface area contributed by atoms with Crippen LogP contribution < -0.4 is 0 Å². The molecule has 0 atom stereocenters. The number of thioether (sulfide) groups is 1. The third kappa shape index (κ3) is 5.25. The molecule has 0 aliphatic carbocycles. The molecule has 1 aromatic rings. The van der Waals surface area contributed by atoms with Crippen LogP contribution in [-0.2, 0) is 15.6 Å². The van der Waals surface area contributed by atoms with Gasteiger partial charge in [-0.25, -0.2) is 0 Å². The van der Waals surface area contributed by atoms with Gasteiger partial charge in [0.1, 0.15) is 5.75 Å². The SMILES string of the molecule is CC(C)N=C1S/C(=C/c2cc(C(C)(C)C)c(O)c(C(C)(C)C)c2)C(=O)N1C(C)C. The van der Waals surface area contributed by atoms with Crippen molar-refractivity contribution in [3.63, 3.8) is 0 Å². The Balaban J connectivity index is 2.63. The number of hydrogen-bond donors (Lipinski definition) is 1. The molecule has 1 N–H and O–H groups in total. The number of benzene rings is 1. The topological polar surface area (TPSA) is 52.9 Å². The van der Waals surface area contributed by atoms with Crippen LogP contribution in [0.15, 0.2) is 22.0 Å². The lowest BCUT2D eigenvalue weighted by atomic mass is 9.78. The summed E-state index contributed by atoms with van der Waals surface area (Å²) in [7, 11) is 0. The summed E-state index contributed by atoms with van der Waals surface area (Å²) in [5.74, 6) is 0.343. The first kappa shape index (κ1) is 23.5. The largest absolute Gasteiger partial charge is 0.507 e. The molecule has 29 heavy (non-hydrogen) atoms. The molecule has 0 aromatic heterocycles. The van der Waals surface area contributed by atoms with E-state index < -0.39 is 0 Å². The highest BCUT2D eigenvalue weighted by molar-refractivity contribution is 8.18. The van der Waals surface area contributed by atoms with Crippen molar-refractivity contribution in [2.45, 2.75) is 92.2 Å². The van der Waals surface area contributed by atoms with Gasteiger partial charge in [-0.05, 0) is 74.1 Å². The number of rotatable bonds is 3. The fourth-order valence-electron chi connectivity index (χ4n) is 3.29. The first-order chi connectivity index (χ1) is 13.1. The normalized spacial score (nSPS) is 18.8. The third-order valence-electron chi connectivity index (χ3n) is 4.77. The van der Waals surface area contributed by atoms with Gasteiger partial charge in [0, 0.05) is 23.2 Å². The predicted octanol–water partition coefficient (Wildman–Crippen LogP) is 6.08. The van der Waals surface area contributed by atoms with Crippen molar-refractivity contribution in [3.05, 3.63) is 33.7 Å². The molecule has 0 saturated carbocycles. The van der Waals surface area contributed by atoms with Crippen LogP contribution in [0.5, 0.6) is 5.75 Å². The molecular formula is C24H36N2O2S. The van der Waals surface area contributed by atoms with E-state index in [-0.39, 0.29) is 28.8 Å². The molecule has 5 heteroatoms. The molecule has 1 amide bonds. The van der Waals surface area contributed by atoms with Crippen molar-refractivity contribution < 1.29 is 9.90 Å². The van der Waals surface area contributed by atoms with Crippen molar-refractivity contribution in [1.29, 1.82) is 0 Å². The van der Waals surface area contributed by atoms with Gasteiger partial charge in [0.25, 0.3) is 5.91 Å². The number of carbonyl (C=O) groups excluding carboxylic acids is 1. The molecule has 160 valence electrons. The Morgan fingerprint density at radius 3 is 1.86 bits per heavy atom. The average molecular weight is 417 g/mol. The van der Waals surface area contributed by atoms with Gasteiger partial charge in [0.2, 0.25) is 0 Å². The van der Waals surface area contributed by atoms with Gasteiger partial charge in [0.15, 0.2) is 5.17 Å². The highest BCUT2D eigenvalue weighted by Crippen LogP contribution is 2.41. The van der Waals surface area contributed by atoms with E-state index in [0.29, 0.717) is 10.7 Å². The molecule has 0 bridgehead atoms. The summed E-state index contributed by atoms with van der Waals surface area (Å²) in [5, 5.41) is 11.7. The number of phenols is 1. The fourth-order valence-corrected chi connectivity index (χ4v) is 4.52. The summed E-state index contributed by atoms with van der Waals surface area (Å²) in [6, 6.07) is 4.18. The average Bonchev–Trinajstić information content (AvgIpc) is 2.81. The summed E-state index contributed by atoms with van der Waals surface area (Å²) in [6.45, 7) is 20.6. The van der Waals surface area contributed by atoms with Crippen LogP contribution >= 0.6 is 11.8 Å². The second-order valence-electron chi connectivity index (χ2n) is 10.3. The van der Waals surface area contributed by atoms with Crippen molar-refractivity contribution in [2.75, 3.05) is 0 Å². The predicted molar refractivity (Wildman–Crippen MR) is 126 cm³/mol. The smallest absolute Gasteiger partial charge is 0.266 e. The van der Waals surface area contributed by atoms with E-state index in [4.69, 9.17) is 0 Å². The molecule has 1 aliphatic rings. The minimum atomic E-state index is -0.209. The van der Waals surface area contributed by atoms with Crippen LogP contribution in [0, 0.1) is 0 Å². The summed E-state index contributed by atoms with van der Waals surface area (Å²) in [5.41, 5.74) is 2.30. The Bertz CT molecular complexity index is 818. The van der Waals surface area contributed by atoms with Crippen LogP contribution in [0.1, 0.15) is 85.9 Å². The lowest BCUT2D eigenvalue weighted by molar-refractivity contribution is -0.123. The molecule has 0 radical (unpaired) electrons. The number of phenolic OH excluding ortho intramolecular Hbond substituents is 1. The molecule has 4 nitrogen and oxygen atoms in total. The van der Waals surface area contributed by atoms with Crippen LogP contribution in [0.4, 0.5) is 0 Å². The Morgan fingerprint density at radius 1 is 1.00 bits per heavy atom. The lowest BCUT2D eigenvalue weighted by Crippen LogP contribution is -2.35. The lowest BCUT2D eigenvalue weighted by Gasteiger charge is -2.28. The molecule has 0 spiro atoms. The number of amidine groups is 1. The molecule has 1 aliphatic heterocycles. The zero-order valence-electron chi connectivity index (χ0n) is 19.5. The maximum absolute atomic E-state index is 13.1. The highest BCUT2D eigenvalue weighted by atomic mass is 32.2. The highest BCUT2D eigenvalue weighted by Gasteiger charge is 2.35. The summed E-state index contributed by atoms with van der Waals surface area (Å²) in [4.78, 5) is 20.2. The Hall–Kier alpha value is -1.75. The quantitative estimate of drug-likeness (QED) is 0.608. The van der Waals surface area contributed by atoms with Crippen LogP contribution in [0.3, 0.4) is 0 Å². The van der Waals surface area contributed by atoms with Gasteiger partial charge in [0.05, 0.1) is 4.91 Å². The van der Waals surface area contributed by atoms with Gasteiger partial charge in [-0.3, -0.25) is 14.7 Å². The fraction of sp³-hybridized carbons (Fsp3) is 0.583. The summed E-state index contributed by atoms with van der Waals surface area (Å²) < 4.78 is 0. The van der Waals surface area contributed by atoms with E-state index in [1.54, 1.807) is 4.90 Å². The molecule has 1 heterocycles. The first-order valence-corrected chi connectivity index (χ1v) is 11.1. The van der Waals surface area contributed by atoms with Crippen LogP contribution in [-0.4, -0.2) is 33.2 Å². The van der Waals surface area contributed by atoms with E-state index >= 15 is 0 Å². The zero-order valence-corrected chi connectivity index (χ0v) is 20.4. The van der Waals surface area contributed by atoms with Crippen molar-refractivity contribution in [1.82, 2.24) is 4.90 Å². The molecule has 1 fully saturated rings. The van der Waals surface area contributed by atoms with Crippen LogP contribution in [0.25, 0.3) is 6.08 Å². The molecule has 2 rings (SSSR count). The second-order valence-corrected chi connectivity index (χ2v) is 11.4. The van der Waals surface area contributed by atoms with E-state index in [9.17, 15) is 9.90 Å². The maximum atomic E-state index is 13.1. The zero-order chi connectivity index (χ0) is 22.3. The molecule has 0 unspecified atom stereocenters. The van der Waals surface area contributed by atoms with Gasteiger partial charge in [-0.15, -0.1) is 0 Å². The number of aromatic hydroxyl groups is 1. The second kappa shape index (κ2) is 8.17. The van der Waals surface area contributed by atoms with Crippen LogP contribution in [0.2, 0.25) is 0 Å². The van der Waals surface area contributed by atoms with Gasteiger partial charge < -0.3 is 5.11 Å². The number of amides is 1.